The minimum Gasteiger partial charge on any atom is -0.439 e. The summed E-state index contributed by atoms with van der Waals surface area (Å²) in [7, 11) is 0. The number of aromatic nitrogens is 2. The number of carbonyl (C=O) groups excluding carboxylic acids is 1. The van der Waals surface area contributed by atoms with E-state index < -0.39 is 5.97 Å². The first-order chi connectivity index (χ1) is 10.8. The van der Waals surface area contributed by atoms with Crippen molar-refractivity contribution < 1.29 is 14.3 Å². The lowest BCUT2D eigenvalue weighted by molar-refractivity contribution is 0.0734. The molecule has 0 radical (unpaired) electrons. The maximum atomic E-state index is 11.9. The van der Waals surface area contributed by atoms with Crippen molar-refractivity contribution in [3.63, 3.8) is 0 Å². The second-order valence-electron chi connectivity index (χ2n) is 4.37. The number of hydrogen-bond donors (Lipinski definition) is 0. The van der Waals surface area contributed by atoms with Crippen LogP contribution in [-0.2, 0) is 0 Å². The Morgan fingerprint density at radius 2 is 1.55 bits per heavy atom. The van der Waals surface area contributed by atoms with Crippen LogP contribution in [0.15, 0.2) is 73.2 Å². The van der Waals surface area contributed by atoms with E-state index in [4.69, 9.17) is 9.47 Å². The van der Waals surface area contributed by atoms with Gasteiger partial charge in [0.15, 0.2) is 0 Å². The summed E-state index contributed by atoms with van der Waals surface area (Å²) in [6.07, 6.45) is 4.74. The molecule has 0 saturated heterocycles. The van der Waals surface area contributed by atoms with Crippen molar-refractivity contribution in [1.82, 2.24) is 9.97 Å². The SMILES string of the molecule is O=C(Oc1ccc(Oc2ccccn2)cc1)c1ccncc1. The highest BCUT2D eigenvalue weighted by atomic mass is 16.5. The van der Waals surface area contributed by atoms with Crippen LogP contribution in [0.5, 0.6) is 17.4 Å². The van der Waals surface area contributed by atoms with Gasteiger partial charge in [-0.05, 0) is 42.5 Å². The van der Waals surface area contributed by atoms with E-state index in [1.165, 1.54) is 0 Å². The van der Waals surface area contributed by atoms with E-state index in [1.54, 1.807) is 61.1 Å². The fourth-order valence-electron chi connectivity index (χ4n) is 1.76. The first kappa shape index (κ1) is 13.8. The second-order valence-corrected chi connectivity index (χ2v) is 4.37. The fraction of sp³-hybridized carbons (Fsp3) is 0. The van der Waals surface area contributed by atoms with E-state index in [0.717, 1.165) is 0 Å². The molecule has 0 spiro atoms. The third-order valence-electron chi connectivity index (χ3n) is 2.81. The van der Waals surface area contributed by atoms with Crippen LogP contribution in [0.3, 0.4) is 0 Å². The van der Waals surface area contributed by atoms with E-state index in [1.807, 2.05) is 12.1 Å². The molecule has 0 unspecified atom stereocenters. The van der Waals surface area contributed by atoms with Crippen LogP contribution < -0.4 is 9.47 Å². The van der Waals surface area contributed by atoms with Crippen molar-refractivity contribution in [2.75, 3.05) is 0 Å². The smallest absolute Gasteiger partial charge is 0.343 e. The van der Waals surface area contributed by atoms with Crippen molar-refractivity contribution in [2.45, 2.75) is 0 Å². The molecule has 22 heavy (non-hydrogen) atoms. The Bertz CT molecular complexity index is 744. The summed E-state index contributed by atoms with van der Waals surface area (Å²) >= 11 is 0. The molecule has 5 heteroatoms. The van der Waals surface area contributed by atoms with Gasteiger partial charge in [-0.2, -0.15) is 0 Å². The first-order valence-corrected chi connectivity index (χ1v) is 6.62. The van der Waals surface area contributed by atoms with E-state index in [9.17, 15) is 4.79 Å². The van der Waals surface area contributed by atoms with Crippen LogP contribution in [0.4, 0.5) is 0 Å². The van der Waals surface area contributed by atoms with Gasteiger partial charge < -0.3 is 9.47 Å². The maximum Gasteiger partial charge on any atom is 0.343 e. The number of rotatable bonds is 4. The van der Waals surface area contributed by atoms with Gasteiger partial charge in [-0.15, -0.1) is 0 Å². The molecule has 0 fully saturated rings. The highest BCUT2D eigenvalue weighted by Crippen LogP contribution is 2.22. The summed E-state index contributed by atoms with van der Waals surface area (Å²) < 4.78 is 10.8. The lowest BCUT2D eigenvalue weighted by atomic mass is 10.3. The van der Waals surface area contributed by atoms with Crippen molar-refractivity contribution in [3.8, 4) is 17.4 Å². The van der Waals surface area contributed by atoms with E-state index >= 15 is 0 Å². The summed E-state index contributed by atoms with van der Waals surface area (Å²) in [5, 5.41) is 0. The van der Waals surface area contributed by atoms with Gasteiger partial charge in [-0.3, -0.25) is 4.98 Å². The van der Waals surface area contributed by atoms with Crippen LogP contribution in [-0.4, -0.2) is 15.9 Å². The van der Waals surface area contributed by atoms with Gasteiger partial charge in [0, 0.05) is 24.7 Å². The average Bonchev–Trinajstić information content (AvgIpc) is 2.58. The summed E-state index contributed by atoms with van der Waals surface area (Å²) in [6, 6.07) is 15.4. The summed E-state index contributed by atoms with van der Waals surface area (Å²) in [4.78, 5) is 19.8. The average molecular weight is 292 g/mol. The topological polar surface area (TPSA) is 61.3 Å². The molecular formula is C17H12N2O3. The molecular weight excluding hydrogens is 280 g/mol. The normalized spacial score (nSPS) is 10.0. The van der Waals surface area contributed by atoms with Gasteiger partial charge in [0.05, 0.1) is 5.56 Å². The van der Waals surface area contributed by atoms with Crippen LogP contribution in [0.25, 0.3) is 0 Å². The molecule has 2 aromatic heterocycles. The lowest BCUT2D eigenvalue weighted by Gasteiger charge is -2.06. The number of ether oxygens (including phenoxy) is 2. The van der Waals surface area contributed by atoms with Gasteiger partial charge in [0.25, 0.3) is 0 Å². The zero-order valence-electron chi connectivity index (χ0n) is 11.5. The molecule has 0 aliphatic heterocycles. The molecule has 0 N–H and O–H groups in total. The molecule has 108 valence electrons. The molecule has 0 aliphatic rings. The Hall–Kier alpha value is -3.21. The zero-order valence-corrected chi connectivity index (χ0v) is 11.5. The molecule has 3 rings (SSSR count). The first-order valence-electron chi connectivity index (χ1n) is 6.62. The number of nitrogens with zero attached hydrogens (tertiary/aromatic N) is 2. The third-order valence-corrected chi connectivity index (χ3v) is 2.81. The molecule has 0 bridgehead atoms. The molecule has 5 nitrogen and oxygen atoms in total. The zero-order chi connectivity index (χ0) is 15.2. The quantitative estimate of drug-likeness (QED) is 0.544. The Kier molecular flexibility index (Phi) is 4.06. The number of hydrogen-bond acceptors (Lipinski definition) is 5. The Labute approximate surface area is 127 Å². The highest BCUT2D eigenvalue weighted by Gasteiger charge is 2.08. The molecule has 2 heterocycles. The minimum absolute atomic E-state index is 0.430. The van der Waals surface area contributed by atoms with Crippen LogP contribution in [0, 0.1) is 0 Å². The number of benzene rings is 1. The van der Waals surface area contributed by atoms with Gasteiger partial charge in [0.2, 0.25) is 5.88 Å². The van der Waals surface area contributed by atoms with Gasteiger partial charge in [-0.25, -0.2) is 9.78 Å². The molecule has 0 saturated carbocycles. The largest absolute Gasteiger partial charge is 0.439 e. The monoisotopic (exact) mass is 292 g/mol. The summed E-state index contributed by atoms with van der Waals surface area (Å²) in [5.74, 6) is 1.13. The Morgan fingerprint density at radius 1 is 0.818 bits per heavy atom. The van der Waals surface area contributed by atoms with Crippen LogP contribution >= 0.6 is 0 Å². The third kappa shape index (κ3) is 3.46. The summed E-state index contributed by atoms with van der Waals surface area (Å²) in [5.41, 5.74) is 0.448. The second kappa shape index (κ2) is 6.49. The maximum absolute atomic E-state index is 11.9. The molecule has 0 atom stereocenters. The fourth-order valence-corrected chi connectivity index (χ4v) is 1.76. The predicted octanol–water partition coefficient (Wildman–Crippen LogP) is 3.49. The Balaban J connectivity index is 1.66. The van der Waals surface area contributed by atoms with E-state index in [0.29, 0.717) is 22.9 Å². The van der Waals surface area contributed by atoms with Crippen LogP contribution in [0.1, 0.15) is 10.4 Å². The van der Waals surface area contributed by atoms with E-state index in [2.05, 4.69) is 9.97 Å². The molecule has 3 aromatic rings. The van der Waals surface area contributed by atoms with Crippen LogP contribution in [0.2, 0.25) is 0 Å². The predicted molar refractivity (Wildman–Crippen MR) is 79.9 cm³/mol. The van der Waals surface area contributed by atoms with Crippen molar-refractivity contribution in [3.05, 3.63) is 78.8 Å². The van der Waals surface area contributed by atoms with Gasteiger partial charge in [0.1, 0.15) is 11.5 Å². The summed E-state index contributed by atoms with van der Waals surface area (Å²) in [6.45, 7) is 0. The number of esters is 1. The van der Waals surface area contributed by atoms with Gasteiger partial charge >= 0.3 is 5.97 Å². The number of pyridine rings is 2. The molecule has 0 amide bonds. The molecule has 0 aliphatic carbocycles. The van der Waals surface area contributed by atoms with Crippen molar-refractivity contribution in [2.24, 2.45) is 0 Å². The van der Waals surface area contributed by atoms with E-state index in [-0.39, 0.29) is 0 Å². The van der Waals surface area contributed by atoms with Crippen molar-refractivity contribution in [1.29, 1.82) is 0 Å². The van der Waals surface area contributed by atoms with Gasteiger partial charge in [-0.1, -0.05) is 6.07 Å². The minimum atomic E-state index is -0.430. The van der Waals surface area contributed by atoms with Crippen molar-refractivity contribution >= 4 is 5.97 Å². The highest BCUT2D eigenvalue weighted by molar-refractivity contribution is 5.90. The molecule has 1 aromatic carbocycles. The standard InChI is InChI=1S/C17H12N2O3/c20-17(13-8-11-18-12-9-13)22-15-6-4-14(5-7-15)21-16-3-1-2-10-19-16/h1-12H. The Morgan fingerprint density at radius 3 is 2.23 bits per heavy atom. The lowest BCUT2D eigenvalue weighted by Crippen LogP contribution is -2.08. The number of carbonyl (C=O) groups is 1.